The minimum Gasteiger partial charge on any atom is -0.379 e. The summed E-state index contributed by atoms with van der Waals surface area (Å²) in [6.45, 7) is 8.57. The van der Waals surface area contributed by atoms with Crippen molar-refractivity contribution in [3.05, 3.63) is 18.0 Å². The van der Waals surface area contributed by atoms with Crippen molar-refractivity contribution < 1.29 is 4.74 Å². The summed E-state index contributed by atoms with van der Waals surface area (Å²) in [5.41, 5.74) is 0. The number of aromatic nitrogens is 7. The fraction of sp³-hybridized carbons (Fsp3) is 0.824. The molecule has 10 nitrogen and oxygen atoms in total. The lowest BCUT2D eigenvalue weighted by Gasteiger charge is -2.32. The van der Waals surface area contributed by atoms with Gasteiger partial charge in [0.15, 0.2) is 0 Å². The van der Waals surface area contributed by atoms with Crippen LogP contribution in [-0.4, -0.2) is 90.7 Å². The van der Waals surface area contributed by atoms with E-state index in [1.54, 1.807) is 11.0 Å². The normalized spacial score (nSPS) is 22.3. The van der Waals surface area contributed by atoms with Gasteiger partial charge in [-0.25, -0.2) is 4.68 Å². The molecular weight excluding hydrogens is 346 g/mol. The number of nitrogens with zero attached hydrogens (tertiary/aromatic N) is 9. The van der Waals surface area contributed by atoms with Gasteiger partial charge >= 0.3 is 0 Å². The van der Waals surface area contributed by atoms with Crippen LogP contribution in [0.5, 0.6) is 0 Å². The molecule has 4 heterocycles. The van der Waals surface area contributed by atoms with E-state index in [0.29, 0.717) is 5.92 Å². The lowest BCUT2D eigenvalue weighted by molar-refractivity contribution is 0.0326. The molecule has 0 spiro atoms. The van der Waals surface area contributed by atoms with E-state index < -0.39 is 0 Å². The zero-order valence-electron chi connectivity index (χ0n) is 16.1. The van der Waals surface area contributed by atoms with Gasteiger partial charge in [0, 0.05) is 39.1 Å². The lowest BCUT2D eigenvalue weighted by atomic mass is 9.97. The molecule has 0 radical (unpaired) electrons. The average Bonchev–Trinajstić information content (AvgIpc) is 3.34. The number of ether oxygens (including phenoxy) is 1. The van der Waals surface area contributed by atoms with Crippen LogP contribution in [0, 0.1) is 0 Å². The first-order chi connectivity index (χ1) is 13.3. The molecule has 2 fully saturated rings. The molecule has 2 aromatic heterocycles. The maximum absolute atomic E-state index is 5.43. The van der Waals surface area contributed by atoms with Crippen molar-refractivity contribution in [1.82, 2.24) is 44.8 Å². The van der Waals surface area contributed by atoms with Crippen LogP contribution in [0.1, 0.15) is 36.8 Å². The van der Waals surface area contributed by atoms with Crippen molar-refractivity contribution in [2.45, 2.75) is 38.3 Å². The molecule has 2 aliphatic heterocycles. The molecule has 148 valence electrons. The second-order valence-corrected chi connectivity index (χ2v) is 7.49. The van der Waals surface area contributed by atoms with Crippen LogP contribution in [0.25, 0.3) is 0 Å². The highest BCUT2D eigenvalue weighted by Gasteiger charge is 2.26. The molecule has 27 heavy (non-hydrogen) atoms. The number of rotatable bonds is 7. The number of piperidine rings is 1. The van der Waals surface area contributed by atoms with Gasteiger partial charge in [0.25, 0.3) is 0 Å². The largest absolute Gasteiger partial charge is 0.379 e. The molecule has 2 aromatic rings. The number of likely N-dealkylation sites (tertiary alicyclic amines) is 1. The summed E-state index contributed by atoms with van der Waals surface area (Å²) in [6, 6.07) is 0. The topological polar surface area (TPSA) is 90.0 Å². The van der Waals surface area contributed by atoms with Gasteiger partial charge in [0.2, 0.25) is 0 Å². The second-order valence-electron chi connectivity index (χ2n) is 7.49. The number of morpholine rings is 1. The molecule has 0 N–H and O–H groups in total. The van der Waals surface area contributed by atoms with E-state index in [4.69, 9.17) is 4.74 Å². The second kappa shape index (κ2) is 8.85. The number of hydrogen-bond donors (Lipinski definition) is 0. The fourth-order valence-corrected chi connectivity index (χ4v) is 4.04. The summed E-state index contributed by atoms with van der Waals surface area (Å²) in [7, 11) is 2.11. The SMILES string of the molecule is Cn1c(CN2CCOCC2)nnc1[C@H]1CCCN(CCCn2cnnn2)C1. The zero-order chi connectivity index (χ0) is 18.5. The Morgan fingerprint density at radius 2 is 2.00 bits per heavy atom. The standard InChI is InChI=1S/C17H29N9O/c1-23-16(13-25-8-10-27-11-9-25)19-20-17(23)15-4-2-5-24(12-15)6-3-7-26-14-18-21-22-26/h14-15H,2-13H2,1H3/t15-/m0/s1. The van der Waals surface area contributed by atoms with Gasteiger partial charge in [0.05, 0.1) is 19.8 Å². The molecular formula is C17H29N9O. The first kappa shape index (κ1) is 18.5. The summed E-state index contributed by atoms with van der Waals surface area (Å²) in [5, 5.41) is 20.3. The van der Waals surface area contributed by atoms with Crippen molar-refractivity contribution in [3.63, 3.8) is 0 Å². The van der Waals surface area contributed by atoms with Crippen LogP contribution in [0.15, 0.2) is 6.33 Å². The third kappa shape index (κ3) is 4.69. The summed E-state index contributed by atoms with van der Waals surface area (Å²) in [6.07, 6.45) is 5.13. The lowest BCUT2D eigenvalue weighted by Crippen LogP contribution is -2.37. The molecule has 10 heteroatoms. The highest BCUT2D eigenvalue weighted by Crippen LogP contribution is 2.26. The maximum Gasteiger partial charge on any atom is 0.146 e. The summed E-state index contributed by atoms with van der Waals surface area (Å²) in [5.74, 6) is 2.65. The van der Waals surface area contributed by atoms with E-state index >= 15 is 0 Å². The Bertz CT molecular complexity index is 695. The van der Waals surface area contributed by atoms with Gasteiger partial charge in [-0.3, -0.25) is 4.90 Å². The van der Waals surface area contributed by atoms with E-state index in [9.17, 15) is 0 Å². The van der Waals surface area contributed by atoms with Crippen LogP contribution in [-0.2, 0) is 24.9 Å². The molecule has 2 aliphatic rings. The zero-order valence-corrected chi connectivity index (χ0v) is 16.1. The predicted molar refractivity (Wildman–Crippen MR) is 97.9 cm³/mol. The minimum atomic E-state index is 0.461. The quantitative estimate of drug-likeness (QED) is 0.663. The predicted octanol–water partition coefficient (Wildman–Crippen LogP) is -0.0965. The number of tetrazole rings is 1. The molecule has 0 bridgehead atoms. The Hall–Kier alpha value is -1.91. The van der Waals surface area contributed by atoms with E-state index in [1.807, 2.05) is 0 Å². The Balaban J connectivity index is 1.31. The molecule has 1 atom stereocenters. The Morgan fingerprint density at radius 1 is 1.11 bits per heavy atom. The van der Waals surface area contributed by atoms with Crippen LogP contribution >= 0.6 is 0 Å². The first-order valence-electron chi connectivity index (χ1n) is 9.91. The van der Waals surface area contributed by atoms with Gasteiger partial charge in [-0.1, -0.05) is 0 Å². The van der Waals surface area contributed by atoms with E-state index in [-0.39, 0.29) is 0 Å². The van der Waals surface area contributed by atoms with E-state index in [0.717, 1.165) is 77.1 Å². The molecule has 0 aliphatic carbocycles. The minimum absolute atomic E-state index is 0.461. The van der Waals surface area contributed by atoms with Gasteiger partial charge in [-0.15, -0.1) is 15.3 Å². The maximum atomic E-state index is 5.43. The Kier molecular flexibility index (Phi) is 6.05. The van der Waals surface area contributed by atoms with Gasteiger partial charge in [-0.2, -0.15) is 0 Å². The molecule has 0 amide bonds. The molecule has 0 unspecified atom stereocenters. The van der Waals surface area contributed by atoms with Gasteiger partial charge < -0.3 is 14.2 Å². The van der Waals surface area contributed by atoms with E-state index in [1.165, 1.54) is 12.8 Å². The van der Waals surface area contributed by atoms with Gasteiger partial charge in [0.1, 0.15) is 18.0 Å². The monoisotopic (exact) mass is 375 g/mol. The summed E-state index contributed by atoms with van der Waals surface area (Å²) < 4.78 is 9.44. The van der Waals surface area contributed by atoms with Crippen molar-refractivity contribution in [1.29, 1.82) is 0 Å². The number of aryl methyl sites for hydroxylation is 1. The summed E-state index contributed by atoms with van der Waals surface area (Å²) >= 11 is 0. The van der Waals surface area contributed by atoms with Crippen molar-refractivity contribution in [2.24, 2.45) is 7.05 Å². The van der Waals surface area contributed by atoms with Crippen LogP contribution in [0.4, 0.5) is 0 Å². The van der Waals surface area contributed by atoms with Crippen LogP contribution in [0.3, 0.4) is 0 Å². The molecule has 4 rings (SSSR count). The number of hydrogen-bond acceptors (Lipinski definition) is 8. The van der Waals surface area contributed by atoms with Gasteiger partial charge in [-0.05, 0) is 42.8 Å². The highest BCUT2D eigenvalue weighted by molar-refractivity contribution is 5.04. The van der Waals surface area contributed by atoms with Crippen molar-refractivity contribution >= 4 is 0 Å². The Morgan fingerprint density at radius 3 is 2.81 bits per heavy atom. The first-order valence-corrected chi connectivity index (χ1v) is 9.91. The van der Waals surface area contributed by atoms with Crippen molar-refractivity contribution in [3.8, 4) is 0 Å². The summed E-state index contributed by atoms with van der Waals surface area (Å²) in [4.78, 5) is 4.93. The van der Waals surface area contributed by atoms with Crippen LogP contribution < -0.4 is 0 Å². The van der Waals surface area contributed by atoms with E-state index in [2.05, 4.69) is 47.1 Å². The Labute approximate surface area is 159 Å². The molecule has 2 saturated heterocycles. The van der Waals surface area contributed by atoms with Crippen LogP contribution in [0.2, 0.25) is 0 Å². The third-order valence-electron chi connectivity index (χ3n) is 5.59. The van der Waals surface area contributed by atoms with Crippen molar-refractivity contribution in [2.75, 3.05) is 45.9 Å². The molecule has 0 aromatic carbocycles. The average molecular weight is 375 g/mol. The third-order valence-corrected chi connectivity index (χ3v) is 5.59. The smallest absolute Gasteiger partial charge is 0.146 e. The fourth-order valence-electron chi connectivity index (χ4n) is 4.04. The molecule has 0 saturated carbocycles. The highest BCUT2D eigenvalue weighted by atomic mass is 16.5.